The lowest BCUT2D eigenvalue weighted by Gasteiger charge is -2.35. The van der Waals surface area contributed by atoms with Crippen molar-refractivity contribution < 1.29 is 9.53 Å². The molecule has 1 aromatic heterocycles. The number of Topliss-reactive ketones (excluding diaryl/α,β-unsaturated/α-hetero) is 1. The number of carbonyl (C=O) groups is 1. The lowest BCUT2D eigenvalue weighted by Crippen LogP contribution is -2.48. The van der Waals surface area contributed by atoms with Crippen molar-refractivity contribution in [1.29, 1.82) is 0 Å². The molecule has 2 heterocycles. The van der Waals surface area contributed by atoms with E-state index in [-0.39, 0.29) is 5.78 Å². The van der Waals surface area contributed by atoms with Gasteiger partial charge in [0.2, 0.25) is 0 Å². The molecule has 1 fully saturated rings. The van der Waals surface area contributed by atoms with Crippen molar-refractivity contribution in [2.75, 3.05) is 44.7 Å². The van der Waals surface area contributed by atoms with Gasteiger partial charge in [0, 0.05) is 61.4 Å². The first kappa shape index (κ1) is 21.2. The van der Waals surface area contributed by atoms with Gasteiger partial charge in [-0.15, -0.1) is 0 Å². The molecule has 3 aromatic rings. The Hall–Kier alpha value is -3.05. The minimum atomic E-state index is 0.210. The molecule has 4 rings (SSSR count). The second-order valence-electron chi connectivity index (χ2n) is 8.24. The largest absolute Gasteiger partial charge is 0.497 e. The zero-order valence-electron chi connectivity index (χ0n) is 18.7. The summed E-state index contributed by atoms with van der Waals surface area (Å²) in [5.74, 6) is 1.09. The third-order valence-corrected chi connectivity index (χ3v) is 6.22. The van der Waals surface area contributed by atoms with Crippen LogP contribution >= 0.6 is 0 Å². The van der Waals surface area contributed by atoms with E-state index in [4.69, 9.17) is 4.74 Å². The zero-order valence-corrected chi connectivity index (χ0v) is 18.7. The predicted octanol–water partition coefficient (Wildman–Crippen LogP) is 4.17. The van der Waals surface area contributed by atoms with Crippen LogP contribution < -0.4 is 9.64 Å². The van der Waals surface area contributed by atoms with Crippen LogP contribution in [0.2, 0.25) is 0 Å². The van der Waals surface area contributed by atoms with Crippen LogP contribution in [0.5, 0.6) is 5.75 Å². The molecule has 0 N–H and O–H groups in total. The highest BCUT2D eigenvalue weighted by Crippen LogP contribution is 2.23. The number of aryl methyl sites for hydroxylation is 1. The molecule has 5 nitrogen and oxygen atoms in total. The average Bonchev–Trinajstić information content (AvgIpc) is 3.09. The molecule has 5 heteroatoms. The number of piperazine rings is 1. The van der Waals surface area contributed by atoms with Crippen LogP contribution in [-0.4, -0.2) is 55.1 Å². The molecule has 2 aromatic carbocycles. The first-order valence-electron chi connectivity index (χ1n) is 10.9. The van der Waals surface area contributed by atoms with E-state index in [9.17, 15) is 4.79 Å². The van der Waals surface area contributed by atoms with Crippen molar-refractivity contribution in [1.82, 2.24) is 9.47 Å². The van der Waals surface area contributed by atoms with Gasteiger partial charge in [0.1, 0.15) is 5.75 Å². The molecule has 162 valence electrons. The van der Waals surface area contributed by atoms with Gasteiger partial charge in [-0.25, -0.2) is 0 Å². The molecular weight excluding hydrogens is 386 g/mol. The Morgan fingerprint density at radius 3 is 2.39 bits per heavy atom. The number of hydrogen-bond acceptors (Lipinski definition) is 4. The van der Waals surface area contributed by atoms with E-state index in [0.717, 1.165) is 55.4 Å². The minimum Gasteiger partial charge on any atom is -0.497 e. The molecule has 0 saturated carbocycles. The average molecular weight is 418 g/mol. The van der Waals surface area contributed by atoms with E-state index in [1.54, 1.807) is 7.11 Å². The van der Waals surface area contributed by atoms with Gasteiger partial charge in [-0.3, -0.25) is 9.69 Å². The van der Waals surface area contributed by atoms with Crippen LogP contribution in [0.4, 0.5) is 5.69 Å². The third kappa shape index (κ3) is 4.83. The molecule has 0 atom stereocenters. The molecular formula is C26H31N3O2. The first-order valence-corrected chi connectivity index (χ1v) is 10.9. The van der Waals surface area contributed by atoms with Crippen LogP contribution in [0, 0.1) is 13.8 Å². The molecule has 0 radical (unpaired) electrons. The number of ether oxygens (including phenoxy) is 1. The number of rotatable bonds is 7. The zero-order chi connectivity index (χ0) is 21.8. The number of methoxy groups -OCH3 is 1. The summed E-state index contributed by atoms with van der Waals surface area (Å²) in [4.78, 5) is 17.7. The summed E-state index contributed by atoms with van der Waals surface area (Å²) < 4.78 is 7.58. The number of nitrogens with zero attached hydrogens (tertiary/aromatic N) is 3. The number of hydrogen-bond donors (Lipinski definition) is 0. The van der Waals surface area contributed by atoms with Crippen LogP contribution in [-0.2, 0) is 6.54 Å². The maximum absolute atomic E-state index is 13.1. The van der Waals surface area contributed by atoms with Gasteiger partial charge in [-0.05, 0) is 37.6 Å². The predicted molar refractivity (Wildman–Crippen MR) is 125 cm³/mol. The van der Waals surface area contributed by atoms with Gasteiger partial charge < -0.3 is 14.2 Å². The van der Waals surface area contributed by atoms with Gasteiger partial charge in [-0.2, -0.15) is 0 Å². The first-order chi connectivity index (χ1) is 15.0. The lowest BCUT2D eigenvalue weighted by molar-refractivity contribution is 0.0925. The number of aromatic nitrogens is 1. The summed E-state index contributed by atoms with van der Waals surface area (Å²) in [6.07, 6.45) is 0. The molecule has 0 unspecified atom stereocenters. The van der Waals surface area contributed by atoms with Crippen LogP contribution in [0.15, 0.2) is 60.7 Å². The van der Waals surface area contributed by atoms with E-state index in [1.165, 1.54) is 11.3 Å². The lowest BCUT2D eigenvalue weighted by atomic mass is 10.1. The molecule has 31 heavy (non-hydrogen) atoms. The molecule has 0 amide bonds. The Balaban J connectivity index is 1.37. The van der Waals surface area contributed by atoms with Crippen molar-refractivity contribution in [2.45, 2.75) is 20.4 Å². The van der Waals surface area contributed by atoms with Crippen molar-refractivity contribution in [3.8, 4) is 5.75 Å². The highest BCUT2D eigenvalue weighted by Gasteiger charge is 2.22. The van der Waals surface area contributed by atoms with Crippen molar-refractivity contribution in [3.63, 3.8) is 0 Å². The maximum atomic E-state index is 13.1. The fraction of sp³-hybridized carbons (Fsp3) is 0.346. The van der Waals surface area contributed by atoms with Crippen LogP contribution in [0.25, 0.3) is 0 Å². The van der Waals surface area contributed by atoms with E-state index < -0.39 is 0 Å². The van der Waals surface area contributed by atoms with E-state index >= 15 is 0 Å². The highest BCUT2D eigenvalue weighted by molar-refractivity contribution is 5.99. The Morgan fingerprint density at radius 2 is 1.68 bits per heavy atom. The smallest absolute Gasteiger partial charge is 0.178 e. The molecule has 0 aliphatic carbocycles. The Labute approximate surface area is 184 Å². The molecule has 1 aliphatic heterocycles. The van der Waals surface area contributed by atoms with Crippen molar-refractivity contribution in [2.24, 2.45) is 0 Å². The van der Waals surface area contributed by atoms with E-state index in [2.05, 4.69) is 64.6 Å². The highest BCUT2D eigenvalue weighted by atomic mass is 16.5. The molecule has 1 aliphatic rings. The monoisotopic (exact) mass is 417 g/mol. The summed E-state index contributed by atoms with van der Waals surface area (Å²) in [7, 11) is 1.69. The van der Waals surface area contributed by atoms with Gasteiger partial charge in [0.05, 0.1) is 13.7 Å². The van der Waals surface area contributed by atoms with Gasteiger partial charge in [-0.1, -0.05) is 36.4 Å². The normalized spacial score (nSPS) is 14.6. The van der Waals surface area contributed by atoms with E-state index in [0.29, 0.717) is 6.54 Å². The van der Waals surface area contributed by atoms with Crippen LogP contribution in [0.3, 0.4) is 0 Å². The fourth-order valence-corrected chi connectivity index (χ4v) is 4.35. The molecule has 0 bridgehead atoms. The maximum Gasteiger partial charge on any atom is 0.178 e. The number of benzene rings is 2. The molecule has 1 saturated heterocycles. The Kier molecular flexibility index (Phi) is 6.42. The van der Waals surface area contributed by atoms with Crippen molar-refractivity contribution in [3.05, 3.63) is 83.2 Å². The minimum absolute atomic E-state index is 0.210. The summed E-state index contributed by atoms with van der Waals surface area (Å²) in [5.41, 5.74) is 5.46. The summed E-state index contributed by atoms with van der Waals surface area (Å²) in [6, 6.07) is 20.6. The van der Waals surface area contributed by atoms with Crippen molar-refractivity contribution >= 4 is 11.5 Å². The van der Waals surface area contributed by atoms with E-state index in [1.807, 2.05) is 24.3 Å². The summed E-state index contributed by atoms with van der Waals surface area (Å²) >= 11 is 0. The second-order valence-corrected chi connectivity index (χ2v) is 8.24. The summed E-state index contributed by atoms with van der Waals surface area (Å²) in [5, 5.41) is 0. The summed E-state index contributed by atoms with van der Waals surface area (Å²) in [6.45, 7) is 8.99. The van der Waals surface area contributed by atoms with Gasteiger partial charge in [0.25, 0.3) is 0 Å². The second kappa shape index (κ2) is 9.40. The Morgan fingerprint density at radius 1 is 0.935 bits per heavy atom. The SMILES string of the molecule is COc1cccc(N2CCN(CC(=O)c3cc(C)n(Cc4ccccc4)c3C)CC2)c1. The standard InChI is InChI=1S/C26H31N3O2/c1-20-16-25(21(2)29(20)18-22-8-5-4-6-9-22)26(30)19-27-12-14-28(15-13-27)23-10-7-11-24(17-23)31-3/h4-11,16-17H,12-15,18-19H2,1-3H3. The number of ketones is 1. The Bertz CT molecular complexity index is 1030. The number of carbonyl (C=O) groups excluding carboxylic acids is 1. The number of anilines is 1. The fourth-order valence-electron chi connectivity index (χ4n) is 4.35. The topological polar surface area (TPSA) is 37.7 Å². The quantitative estimate of drug-likeness (QED) is 0.541. The molecule has 0 spiro atoms. The van der Waals surface area contributed by atoms with Gasteiger partial charge >= 0.3 is 0 Å². The third-order valence-electron chi connectivity index (χ3n) is 6.22. The van der Waals surface area contributed by atoms with Crippen LogP contribution in [0.1, 0.15) is 27.3 Å². The van der Waals surface area contributed by atoms with Gasteiger partial charge in [0.15, 0.2) is 5.78 Å².